The Balaban J connectivity index is 2.74. The summed E-state index contributed by atoms with van der Waals surface area (Å²) in [7, 11) is 3.42. The van der Waals surface area contributed by atoms with E-state index in [-0.39, 0.29) is 11.7 Å². The summed E-state index contributed by atoms with van der Waals surface area (Å²) in [5, 5.41) is 0. The van der Waals surface area contributed by atoms with Gasteiger partial charge in [0.1, 0.15) is 0 Å². The fraction of sp³-hybridized carbons (Fsp3) is 0.500. The Morgan fingerprint density at radius 2 is 2.11 bits per heavy atom. The second kappa shape index (κ2) is 6.91. The monoisotopic (exact) mass is 268 g/mol. The maximum absolute atomic E-state index is 11.7. The van der Waals surface area contributed by atoms with Crippen molar-refractivity contribution in [3.05, 3.63) is 23.7 Å². The van der Waals surface area contributed by atoms with Crippen LogP contribution in [0, 0.1) is 0 Å². The molecule has 106 valence electrons. The minimum absolute atomic E-state index is 0.00942. The highest BCUT2D eigenvalue weighted by Gasteiger charge is 2.18. The van der Waals surface area contributed by atoms with Crippen LogP contribution in [0.4, 0.5) is 0 Å². The highest BCUT2D eigenvalue weighted by molar-refractivity contribution is 5.92. The molecule has 0 saturated carbocycles. The molecule has 7 nitrogen and oxygen atoms in total. The number of hydrogen-bond acceptors (Lipinski definition) is 5. The van der Waals surface area contributed by atoms with Crippen molar-refractivity contribution in [3.8, 4) is 0 Å². The molecule has 1 heterocycles. The van der Waals surface area contributed by atoms with Crippen molar-refractivity contribution < 1.29 is 14.0 Å². The summed E-state index contributed by atoms with van der Waals surface area (Å²) in [4.78, 5) is 26.6. The van der Waals surface area contributed by atoms with E-state index in [1.54, 1.807) is 20.2 Å². The minimum Gasteiger partial charge on any atom is -0.459 e. The molecule has 3 N–H and O–H groups in total. The van der Waals surface area contributed by atoms with Crippen molar-refractivity contribution in [2.45, 2.75) is 13.5 Å². The van der Waals surface area contributed by atoms with Crippen LogP contribution in [-0.4, -0.2) is 48.8 Å². The second-order valence-electron chi connectivity index (χ2n) is 4.34. The molecule has 0 aliphatic rings. The van der Waals surface area contributed by atoms with Gasteiger partial charge in [0.25, 0.3) is 0 Å². The van der Waals surface area contributed by atoms with Gasteiger partial charge >= 0.3 is 5.91 Å². The molecule has 2 amide bonds. The Labute approximate surface area is 112 Å². The van der Waals surface area contributed by atoms with Gasteiger partial charge in [-0.15, -0.1) is 0 Å². The van der Waals surface area contributed by atoms with Crippen molar-refractivity contribution in [2.75, 3.05) is 27.2 Å². The van der Waals surface area contributed by atoms with E-state index in [0.717, 1.165) is 0 Å². The van der Waals surface area contributed by atoms with Gasteiger partial charge in [-0.3, -0.25) is 19.9 Å². The molecule has 0 spiro atoms. The van der Waals surface area contributed by atoms with Gasteiger partial charge < -0.3 is 9.32 Å². The Morgan fingerprint density at radius 1 is 1.42 bits per heavy atom. The molecule has 0 fully saturated rings. The Morgan fingerprint density at radius 3 is 2.63 bits per heavy atom. The van der Waals surface area contributed by atoms with E-state index in [0.29, 0.717) is 25.2 Å². The van der Waals surface area contributed by atoms with Crippen LogP contribution in [0.3, 0.4) is 0 Å². The first-order valence-corrected chi connectivity index (χ1v) is 5.99. The standard InChI is InChI=1S/C12H20N4O3/c1-4-16(8-10(17)15(2)3)7-9-5-6-19-11(9)12(18)14-13/h5-6H,4,7-8,13H2,1-3H3,(H,14,18). The minimum atomic E-state index is -0.477. The Kier molecular flexibility index (Phi) is 5.53. The van der Waals surface area contributed by atoms with Gasteiger partial charge in [-0.2, -0.15) is 0 Å². The Bertz CT molecular complexity index is 442. The van der Waals surface area contributed by atoms with E-state index in [1.165, 1.54) is 11.2 Å². The summed E-state index contributed by atoms with van der Waals surface area (Å²) in [5.74, 6) is 4.79. The van der Waals surface area contributed by atoms with E-state index in [4.69, 9.17) is 10.3 Å². The van der Waals surface area contributed by atoms with E-state index in [2.05, 4.69) is 0 Å². The maximum Gasteiger partial charge on any atom is 0.301 e. The highest BCUT2D eigenvalue weighted by atomic mass is 16.3. The van der Waals surface area contributed by atoms with Gasteiger partial charge in [-0.1, -0.05) is 6.92 Å². The molecule has 0 aromatic carbocycles. The predicted octanol–water partition coefficient (Wildman–Crippen LogP) is -0.207. The molecule has 0 bridgehead atoms. The fourth-order valence-electron chi connectivity index (χ4n) is 1.58. The van der Waals surface area contributed by atoms with Gasteiger partial charge in [0.2, 0.25) is 5.91 Å². The summed E-state index contributed by atoms with van der Waals surface area (Å²) < 4.78 is 5.10. The number of amides is 2. The topological polar surface area (TPSA) is 91.8 Å². The Hall–Kier alpha value is -1.86. The largest absolute Gasteiger partial charge is 0.459 e. The van der Waals surface area contributed by atoms with Crippen molar-refractivity contribution in [3.63, 3.8) is 0 Å². The fourth-order valence-corrected chi connectivity index (χ4v) is 1.58. The lowest BCUT2D eigenvalue weighted by molar-refractivity contribution is -0.130. The molecule has 0 atom stereocenters. The van der Waals surface area contributed by atoms with Gasteiger partial charge in [-0.05, 0) is 12.6 Å². The van der Waals surface area contributed by atoms with Crippen LogP contribution in [0.15, 0.2) is 16.7 Å². The summed E-state index contributed by atoms with van der Waals surface area (Å²) >= 11 is 0. The molecule has 0 saturated heterocycles. The van der Waals surface area contributed by atoms with E-state index < -0.39 is 5.91 Å². The highest BCUT2D eigenvalue weighted by Crippen LogP contribution is 2.13. The third kappa shape index (κ3) is 4.08. The molecule has 0 aliphatic carbocycles. The smallest absolute Gasteiger partial charge is 0.301 e. The van der Waals surface area contributed by atoms with E-state index in [9.17, 15) is 9.59 Å². The third-order valence-corrected chi connectivity index (χ3v) is 2.78. The predicted molar refractivity (Wildman–Crippen MR) is 70.0 cm³/mol. The van der Waals surface area contributed by atoms with Gasteiger partial charge in [0, 0.05) is 26.2 Å². The van der Waals surface area contributed by atoms with Crippen LogP contribution < -0.4 is 11.3 Å². The molecule has 7 heteroatoms. The zero-order valence-corrected chi connectivity index (χ0v) is 11.5. The molecule has 0 radical (unpaired) electrons. The van der Waals surface area contributed by atoms with Crippen molar-refractivity contribution in [1.82, 2.24) is 15.2 Å². The zero-order valence-electron chi connectivity index (χ0n) is 11.5. The van der Waals surface area contributed by atoms with Crippen LogP contribution >= 0.6 is 0 Å². The summed E-state index contributed by atoms with van der Waals surface area (Å²) in [6, 6.07) is 1.70. The lowest BCUT2D eigenvalue weighted by Crippen LogP contribution is -2.37. The molecular weight excluding hydrogens is 248 g/mol. The molecule has 0 unspecified atom stereocenters. The number of nitrogens with one attached hydrogen (secondary N) is 1. The summed E-state index contributed by atoms with van der Waals surface area (Å²) in [6.07, 6.45) is 1.43. The number of hydrazine groups is 1. The van der Waals surface area contributed by atoms with Crippen molar-refractivity contribution in [2.24, 2.45) is 5.84 Å². The average molecular weight is 268 g/mol. The summed E-state index contributed by atoms with van der Waals surface area (Å²) in [5.41, 5.74) is 2.74. The number of carbonyl (C=O) groups excluding carboxylic acids is 2. The van der Waals surface area contributed by atoms with Crippen LogP contribution in [0.2, 0.25) is 0 Å². The number of furan rings is 1. The number of likely N-dealkylation sites (N-methyl/N-ethyl adjacent to an activating group) is 2. The maximum atomic E-state index is 11.7. The first kappa shape index (κ1) is 15.2. The second-order valence-corrected chi connectivity index (χ2v) is 4.34. The number of nitrogens with two attached hydrogens (primary N) is 1. The average Bonchev–Trinajstić information content (AvgIpc) is 2.84. The quantitative estimate of drug-likeness (QED) is 0.423. The number of nitrogen functional groups attached to an aromatic ring is 1. The number of hydrogen-bond donors (Lipinski definition) is 2. The first-order valence-electron chi connectivity index (χ1n) is 5.99. The number of carbonyl (C=O) groups is 2. The van der Waals surface area contributed by atoms with E-state index in [1.807, 2.05) is 17.2 Å². The van der Waals surface area contributed by atoms with Crippen LogP contribution in [0.5, 0.6) is 0 Å². The van der Waals surface area contributed by atoms with Crippen LogP contribution in [-0.2, 0) is 11.3 Å². The van der Waals surface area contributed by atoms with Crippen molar-refractivity contribution >= 4 is 11.8 Å². The van der Waals surface area contributed by atoms with Gasteiger partial charge in [0.15, 0.2) is 5.76 Å². The molecule has 1 aromatic heterocycles. The first-order chi connectivity index (χ1) is 8.99. The third-order valence-electron chi connectivity index (χ3n) is 2.78. The molecule has 19 heavy (non-hydrogen) atoms. The van der Waals surface area contributed by atoms with Crippen LogP contribution in [0.25, 0.3) is 0 Å². The van der Waals surface area contributed by atoms with E-state index >= 15 is 0 Å². The lowest BCUT2D eigenvalue weighted by atomic mass is 10.2. The SMILES string of the molecule is CCN(CC(=O)N(C)C)Cc1ccoc1C(=O)NN. The van der Waals surface area contributed by atoms with Crippen molar-refractivity contribution in [1.29, 1.82) is 0 Å². The lowest BCUT2D eigenvalue weighted by Gasteiger charge is -2.21. The molecular formula is C12H20N4O3. The van der Waals surface area contributed by atoms with Crippen LogP contribution in [0.1, 0.15) is 23.0 Å². The number of rotatable bonds is 6. The number of nitrogens with zero attached hydrogens (tertiary/aromatic N) is 2. The molecule has 1 rings (SSSR count). The summed E-state index contributed by atoms with van der Waals surface area (Å²) in [6.45, 7) is 3.38. The van der Waals surface area contributed by atoms with Gasteiger partial charge in [0.05, 0.1) is 12.8 Å². The van der Waals surface area contributed by atoms with Gasteiger partial charge in [-0.25, -0.2) is 5.84 Å². The normalized spacial score (nSPS) is 10.6. The zero-order chi connectivity index (χ0) is 14.4. The molecule has 1 aromatic rings. The molecule has 0 aliphatic heterocycles.